The Morgan fingerprint density at radius 1 is 1.29 bits per heavy atom. The third-order valence-electron chi connectivity index (χ3n) is 10.9. The number of nitrogens with zero attached hydrogens (tertiary/aromatic N) is 1. The van der Waals surface area contributed by atoms with Crippen LogP contribution in [-0.4, -0.2) is 68.3 Å². The number of likely N-dealkylation sites (N-methyl/N-ethyl adjacent to an activating group) is 1. The van der Waals surface area contributed by atoms with Crippen LogP contribution in [0.2, 0.25) is 0 Å². The topological polar surface area (TPSA) is 76.1 Å². The summed E-state index contributed by atoms with van der Waals surface area (Å²) >= 11 is 0. The Morgan fingerprint density at radius 2 is 2.06 bits per heavy atom. The molecular weight excluding hydrogens is 430 g/mol. The molecule has 9 atom stereocenters. The molecule has 0 aromatic rings. The third kappa shape index (κ3) is 2.85. The summed E-state index contributed by atoms with van der Waals surface area (Å²) in [6, 6.07) is 0. The van der Waals surface area contributed by atoms with Gasteiger partial charge in [0, 0.05) is 25.6 Å². The first-order valence-electron chi connectivity index (χ1n) is 13.4. The summed E-state index contributed by atoms with van der Waals surface area (Å²) in [6.45, 7) is 8.89. The van der Waals surface area contributed by atoms with Crippen molar-refractivity contribution in [3.05, 3.63) is 11.6 Å². The molecule has 0 spiro atoms. The lowest BCUT2D eigenvalue weighted by atomic mass is 9.41. The molecule has 5 rings (SSSR count). The zero-order chi connectivity index (χ0) is 24.5. The van der Waals surface area contributed by atoms with Crippen LogP contribution >= 0.6 is 0 Å². The summed E-state index contributed by atoms with van der Waals surface area (Å²) in [5, 5.41) is 11.2. The van der Waals surface area contributed by atoms with E-state index in [4.69, 9.17) is 9.47 Å². The summed E-state index contributed by atoms with van der Waals surface area (Å²) in [7, 11) is 3.81. The second-order valence-electron chi connectivity index (χ2n) is 12.4. The van der Waals surface area contributed by atoms with Crippen LogP contribution in [0.15, 0.2) is 11.6 Å². The summed E-state index contributed by atoms with van der Waals surface area (Å²) in [5.41, 5.74) is -1.44. The van der Waals surface area contributed by atoms with Crippen molar-refractivity contribution in [1.29, 1.82) is 0 Å². The lowest BCUT2D eigenvalue weighted by molar-refractivity contribution is -0.197. The van der Waals surface area contributed by atoms with Crippen LogP contribution in [-0.2, 0) is 19.1 Å². The predicted molar refractivity (Wildman–Crippen MR) is 129 cm³/mol. The molecule has 0 amide bonds. The van der Waals surface area contributed by atoms with Crippen molar-refractivity contribution in [2.24, 2.45) is 45.8 Å². The molecule has 1 aliphatic heterocycles. The lowest BCUT2D eigenvalue weighted by Crippen LogP contribution is -2.65. The molecule has 0 radical (unpaired) electrons. The fourth-order valence-corrected chi connectivity index (χ4v) is 9.76. The second-order valence-corrected chi connectivity index (χ2v) is 12.4. The van der Waals surface area contributed by atoms with Crippen LogP contribution in [0, 0.1) is 45.8 Å². The standard InChI is InChI=1S/C28H43NO5/c1-17(2)23-12-19-13-26(16-30)22-8-6-18(3)21(22)14-27(19,28(23,26)25(31)32)24-9-7-20(34-24)15-29(4)10-11-33-5/h12,16-22,24H,6-11,13-15H2,1-5H3,(H,31,32)/t18-,19?,20?,21-,22-,24?,26?,27?,28?/m1/s1. The summed E-state index contributed by atoms with van der Waals surface area (Å²) in [5.74, 6) is 0.560. The van der Waals surface area contributed by atoms with Crippen LogP contribution in [0.3, 0.4) is 0 Å². The smallest absolute Gasteiger partial charge is 0.315 e. The van der Waals surface area contributed by atoms with Crippen molar-refractivity contribution in [1.82, 2.24) is 4.90 Å². The van der Waals surface area contributed by atoms with Gasteiger partial charge in [0.2, 0.25) is 0 Å². The van der Waals surface area contributed by atoms with Crippen LogP contribution < -0.4 is 0 Å². The van der Waals surface area contributed by atoms with Crippen molar-refractivity contribution in [2.75, 3.05) is 33.9 Å². The number of methoxy groups -OCH3 is 1. The SMILES string of the molecule is COCCN(C)CC1CCC(C23C[C@@H]4[C@H](C)CC[C@H]4C4(C=O)CC2C=C(C(C)C)C34C(=O)O)O1. The number of ether oxygens (including phenoxy) is 2. The van der Waals surface area contributed by atoms with Gasteiger partial charge in [-0.3, -0.25) is 4.79 Å². The number of fused-ring (bicyclic) bond motifs is 2. The van der Waals surface area contributed by atoms with Crippen molar-refractivity contribution in [3.63, 3.8) is 0 Å². The highest BCUT2D eigenvalue weighted by atomic mass is 16.5. The Labute approximate surface area is 204 Å². The molecule has 0 aromatic carbocycles. The first-order valence-corrected chi connectivity index (χ1v) is 13.4. The molecule has 34 heavy (non-hydrogen) atoms. The number of carboxylic acids is 1. The van der Waals surface area contributed by atoms with Gasteiger partial charge in [-0.1, -0.05) is 38.8 Å². The third-order valence-corrected chi connectivity index (χ3v) is 10.9. The highest BCUT2D eigenvalue weighted by Crippen LogP contribution is 2.84. The molecule has 5 aliphatic rings. The molecule has 4 fully saturated rings. The number of carbonyl (C=O) groups is 2. The minimum atomic E-state index is -1.13. The molecule has 1 saturated heterocycles. The normalized spacial score (nSPS) is 46.9. The summed E-state index contributed by atoms with van der Waals surface area (Å²) < 4.78 is 12.1. The monoisotopic (exact) mass is 473 g/mol. The maximum Gasteiger partial charge on any atom is 0.315 e. The Kier molecular flexibility index (Phi) is 6.05. The molecule has 1 heterocycles. The van der Waals surface area contributed by atoms with Crippen LogP contribution in [0.4, 0.5) is 0 Å². The van der Waals surface area contributed by atoms with E-state index in [2.05, 4.69) is 38.8 Å². The zero-order valence-corrected chi connectivity index (χ0v) is 21.6. The number of carbonyl (C=O) groups excluding carboxylic acids is 1. The van der Waals surface area contributed by atoms with Gasteiger partial charge in [0.25, 0.3) is 0 Å². The van der Waals surface area contributed by atoms with Gasteiger partial charge in [-0.05, 0) is 68.7 Å². The Bertz CT molecular complexity index is 871. The van der Waals surface area contributed by atoms with Gasteiger partial charge in [0.15, 0.2) is 0 Å². The number of hydrogen-bond acceptors (Lipinski definition) is 5. The number of rotatable bonds is 9. The van der Waals surface area contributed by atoms with Gasteiger partial charge in [0.05, 0.1) is 24.2 Å². The largest absolute Gasteiger partial charge is 0.481 e. The van der Waals surface area contributed by atoms with E-state index in [9.17, 15) is 14.7 Å². The molecule has 4 aliphatic carbocycles. The van der Waals surface area contributed by atoms with Crippen molar-refractivity contribution in [3.8, 4) is 0 Å². The molecule has 4 bridgehead atoms. The van der Waals surface area contributed by atoms with E-state index in [1.807, 2.05) is 0 Å². The van der Waals surface area contributed by atoms with E-state index >= 15 is 0 Å². The van der Waals surface area contributed by atoms with Crippen LogP contribution in [0.25, 0.3) is 0 Å². The predicted octanol–water partition coefficient (Wildman–Crippen LogP) is 4.04. The molecular formula is C28H43NO5. The molecule has 0 aromatic heterocycles. The maximum atomic E-state index is 13.6. The lowest BCUT2D eigenvalue weighted by Gasteiger charge is -2.60. The molecule has 190 valence electrons. The fraction of sp³-hybridized carbons (Fsp3) is 0.857. The fourth-order valence-electron chi connectivity index (χ4n) is 9.76. The van der Waals surface area contributed by atoms with Gasteiger partial charge in [0.1, 0.15) is 11.7 Å². The number of aliphatic carboxylic acids is 1. The maximum absolute atomic E-state index is 13.6. The van der Waals surface area contributed by atoms with Gasteiger partial charge in [-0.15, -0.1) is 0 Å². The van der Waals surface area contributed by atoms with Gasteiger partial charge in [-0.2, -0.15) is 0 Å². The second kappa shape index (κ2) is 8.41. The van der Waals surface area contributed by atoms with E-state index in [-0.39, 0.29) is 30.0 Å². The zero-order valence-electron chi connectivity index (χ0n) is 21.6. The Hall–Kier alpha value is -1.24. The van der Waals surface area contributed by atoms with Crippen molar-refractivity contribution < 1.29 is 24.2 Å². The minimum absolute atomic E-state index is 0.0962. The van der Waals surface area contributed by atoms with Crippen molar-refractivity contribution in [2.45, 2.75) is 71.5 Å². The Balaban J connectivity index is 1.57. The molecule has 6 heteroatoms. The van der Waals surface area contributed by atoms with E-state index in [1.165, 1.54) is 0 Å². The minimum Gasteiger partial charge on any atom is -0.481 e. The van der Waals surface area contributed by atoms with E-state index < -0.39 is 22.2 Å². The molecule has 6 nitrogen and oxygen atoms in total. The van der Waals surface area contributed by atoms with Gasteiger partial charge >= 0.3 is 5.97 Å². The average Bonchev–Trinajstić information content (AvgIpc) is 3.52. The molecule has 3 saturated carbocycles. The Morgan fingerprint density at radius 3 is 2.71 bits per heavy atom. The number of allylic oxidation sites excluding steroid dienone is 1. The van der Waals surface area contributed by atoms with Gasteiger partial charge < -0.3 is 24.3 Å². The van der Waals surface area contributed by atoms with Crippen LogP contribution in [0.5, 0.6) is 0 Å². The number of aldehydes is 1. The number of carboxylic acid groups (broad SMARTS) is 1. The molecule has 6 unspecified atom stereocenters. The highest BCUT2D eigenvalue weighted by Gasteiger charge is 2.86. The van der Waals surface area contributed by atoms with Gasteiger partial charge in [-0.25, -0.2) is 0 Å². The summed E-state index contributed by atoms with van der Waals surface area (Å²) in [4.78, 5) is 29.0. The molecule has 1 N–H and O–H groups in total. The van der Waals surface area contributed by atoms with E-state index in [0.29, 0.717) is 24.9 Å². The van der Waals surface area contributed by atoms with E-state index in [0.717, 1.165) is 57.1 Å². The number of hydrogen-bond donors (Lipinski definition) is 1. The average molecular weight is 474 g/mol. The van der Waals surface area contributed by atoms with E-state index in [1.54, 1.807) is 7.11 Å². The first kappa shape index (κ1) is 24.5. The highest BCUT2D eigenvalue weighted by molar-refractivity contribution is 5.90. The van der Waals surface area contributed by atoms with Crippen molar-refractivity contribution >= 4 is 12.3 Å². The quantitative estimate of drug-likeness (QED) is 0.402. The first-order chi connectivity index (χ1) is 16.2. The summed E-state index contributed by atoms with van der Waals surface area (Å²) in [6.07, 6.45) is 8.86. The van der Waals surface area contributed by atoms with Crippen LogP contribution in [0.1, 0.15) is 59.3 Å².